The Morgan fingerprint density at radius 2 is 0.750 bits per heavy atom. The van der Waals surface area contributed by atoms with Gasteiger partial charge in [-0.15, -0.1) is 0 Å². The first-order valence-corrected chi connectivity index (χ1v) is 18.2. The number of aryl methyl sites for hydroxylation is 4. The molecule has 0 saturated heterocycles. The van der Waals surface area contributed by atoms with E-state index in [0.717, 1.165) is 0 Å². The van der Waals surface area contributed by atoms with Crippen LogP contribution in [-0.4, -0.2) is 17.1 Å². The second-order valence-corrected chi connectivity index (χ2v) is 13.8. The van der Waals surface area contributed by atoms with Gasteiger partial charge >= 0.3 is 11.9 Å². The molecule has 0 fully saturated rings. The highest BCUT2D eigenvalue weighted by Gasteiger charge is 2.36. The molecule has 56 heavy (non-hydrogen) atoms. The Bertz CT molecular complexity index is 2220. The van der Waals surface area contributed by atoms with Gasteiger partial charge in [0.15, 0.2) is 17.1 Å². The van der Waals surface area contributed by atoms with Crippen molar-refractivity contribution in [1.29, 1.82) is 0 Å². The first-order chi connectivity index (χ1) is 27.0. The van der Waals surface area contributed by atoms with Crippen molar-refractivity contribution < 1.29 is 24.3 Å². The smallest absolute Gasteiger partial charge is 0.343 e. The van der Waals surface area contributed by atoms with Crippen molar-refractivity contribution in [2.45, 2.75) is 27.7 Å². The third-order valence-electron chi connectivity index (χ3n) is 9.85. The van der Waals surface area contributed by atoms with Crippen molar-refractivity contribution >= 4 is 46.1 Å². The van der Waals surface area contributed by atoms with E-state index in [0.29, 0.717) is 67.9 Å². The Labute approximate surface area is 326 Å². The quantitative estimate of drug-likeness (QED) is 0.0649. The zero-order valence-electron chi connectivity index (χ0n) is 31.5. The van der Waals surface area contributed by atoms with Gasteiger partial charge in [0.1, 0.15) is 28.6 Å². The van der Waals surface area contributed by atoms with Crippen molar-refractivity contribution in [2.24, 2.45) is 0 Å². The number of ether oxygens (including phenoxy) is 2. The fourth-order valence-corrected chi connectivity index (χ4v) is 7.08. The summed E-state index contributed by atoms with van der Waals surface area (Å²) in [4.78, 5) is 27.2. The molecule has 278 valence electrons. The number of nitrogens with zero attached hydrogens (tertiary/aromatic N) is 2. The van der Waals surface area contributed by atoms with Crippen LogP contribution in [0.2, 0.25) is 0 Å². The number of benzene rings is 7. The summed E-state index contributed by atoms with van der Waals surface area (Å²) in [6, 6.07) is 50.2. The van der Waals surface area contributed by atoms with Crippen molar-refractivity contribution in [2.75, 3.05) is 0 Å². The van der Waals surface area contributed by atoms with Crippen LogP contribution in [0.1, 0.15) is 43.0 Å². The van der Waals surface area contributed by atoms with Gasteiger partial charge in [0.2, 0.25) is 0 Å². The van der Waals surface area contributed by atoms with Gasteiger partial charge in [0.25, 0.3) is 0 Å². The first-order valence-electron chi connectivity index (χ1n) is 18.2. The van der Waals surface area contributed by atoms with E-state index >= 15 is 0 Å². The predicted octanol–water partition coefficient (Wildman–Crippen LogP) is 12.2. The van der Waals surface area contributed by atoms with Crippen LogP contribution in [0.15, 0.2) is 170 Å². The summed E-state index contributed by atoms with van der Waals surface area (Å²) in [5.74, 6) is -0.638. The highest BCUT2D eigenvalue weighted by Crippen LogP contribution is 2.46. The molecular weight excluding hydrogens is 701 g/mol. The number of rotatable bonds is 10. The normalized spacial score (nSPS) is 11.5. The van der Waals surface area contributed by atoms with Gasteiger partial charge in [0, 0.05) is 72.8 Å². The molecule has 0 spiro atoms. The minimum absolute atomic E-state index is 0.154. The predicted molar refractivity (Wildman–Crippen MR) is 221 cm³/mol. The van der Waals surface area contributed by atoms with Crippen molar-refractivity contribution in [3.8, 4) is 11.5 Å². The Morgan fingerprint density at radius 1 is 0.429 bits per heavy atom. The molecule has 7 aromatic carbocycles. The lowest BCUT2D eigenvalue weighted by Crippen LogP contribution is -2.34. The van der Waals surface area contributed by atoms with E-state index in [2.05, 4.69) is 0 Å². The van der Waals surface area contributed by atoms with Gasteiger partial charge < -0.3 is 14.7 Å². The molecule has 0 amide bonds. The number of carbonyl (C=O) groups excluding carboxylic acids is 2. The molecule has 8 nitrogen and oxygen atoms in total. The molecule has 0 heterocycles. The van der Waals surface area contributed by atoms with Gasteiger partial charge in [-0.3, -0.25) is 4.65 Å². The fourth-order valence-electron chi connectivity index (χ4n) is 7.08. The van der Waals surface area contributed by atoms with E-state index in [1.165, 1.54) is 6.07 Å². The molecule has 0 aliphatic carbocycles. The van der Waals surface area contributed by atoms with E-state index in [4.69, 9.17) is 9.47 Å². The van der Waals surface area contributed by atoms with Gasteiger partial charge in [-0.05, 0) is 68.1 Å². The van der Waals surface area contributed by atoms with Crippen LogP contribution in [0.4, 0.5) is 34.1 Å². The molecule has 0 atom stereocenters. The van der Waals surface area contributed by atoms with E-state index in [1.807, 2.05) is 111 Å². The first kappa shape index (κ1) is 37.6. The van der Waals surface area contributed by atoms with Crippen LogP contribution in [0.25, 0.3) is 0 Å². The number of hydrogen-bond donors (Lipinski definition) is 1. The number of hydrogen-bond acceptors (Lipinski definition) is 6. The topological polar surface area (TPSA) is 95.9 Å². The highest BCUT2D eigenvalue weighted by atomic mass is 16.6. The number of esters is 2. The van der Waals surface area contributed by atoms with Crippen LogP contribution in [0.5, 0.6) is 11.5 Å². The maximum Gasteiger partial charge on any atom is 0.343 e. The largest absolute Gasteiger partial charge is 0.616 e. The number of quaternary nitrogens is 2. The summed E-state index contributed by atoms with van der Waals surface area (Å²) in [6.07, 6.45) is 0. The van der Waals surface area contributed by atoms with Crippen molar-refractivity contribution in [1.82, 2.24) is 9.29 Å². The zero-order valence-corrected chi connectivity index (χ0v) is 31.5. The summed E-state index contributed by atoms with van der Waals surface area (Å²) in [5.41, 5.74) is 6.19. The summed E-state index contributed by atoms with van der Waals surface area (Å²) in [7, 11) is 0. The molecule has 8 heteroatoms. The van der Waals surface area contributed by atoms with Gasteiger partial charge in [-0.1, -0.05) is 83.5 Å². The molecule has 0 aliphatic heterocycles. The van der Waals surface area contributed by atoms with Crippen LogP contribution in [0, 0.1) is 32.9 Å². The van der Waals surface area contributed by atoms with E-state index < -0.39 is 21.2 Å². The summed E-state index contributed by atoms with van der Waals surface area (Å²) >= 11 is 0. The van der Waals surface area contributed by atoms with E-state index in [9.17, 15) is 20.0 Å². The Hall–Kier alpha value is -6.68. The average Bonchev–Trinajstić information content (AvgIpc) is 3.23. The lowest BCUT2D eigenvalue weighted by Gasteiger charge is -2.41. The molecule has 1 N–H and O–H groups in total. The van der Waals surface area contributed by atoms with Crippen molar-refractivity contribution in [3.63, 3.8) is 0 Å². The lowest BCUT2D eigenvalue weighted by molar-refractivity contribution is 0.0349. The summed E-state index contributed by atoms with van der Waals surface area (Å²) in [6.45, 7) is 7.22. The third kappa shape index (κ3) is 7.13. The molecule has 7 rings (SSSR count). The average molecular weight is 742 g/mol. The van der Waals surface area contributed by atoms with Gasteiger partial charge in [0.05, 0.1) is 11.1 Å². The third-order valence-corrected chi connectivity index (χ3v) is 9.85. The molecule has 0 aliphatic rings. The minimum Gasteiger partial charge on any atom is -0.616 e. The Kier molecular flexibility index (Phi) is 10.5. The van der Waals surface area contributed by atoms with Crippen LogP contribution >= 0.6 is 0 Å². The molecule has 0 bridgehead atoms. The second-order valence-electron chi connectivity index (χ2n) is 13.8. The molecule has 0 saturated carbocycles. The lowest BCUT2D eigenvalue weighted by atomic mass is 10.1. The fraction of sp³-hybridized carbons (Fsp3) is 0.0833. The van der Waals surface area contributed by atoms with Gasteiger partial charge in [-0.25, -0.2) is 14.8 Å². The zero-order chi connectivity index (χ0) is 39.5. The van der Waals surface area contributed by atoms with Crippen LogP contribution in [-0.2, 0) is 0 Å². The van der Waals surface area contributed by atoms with Crippen molar-refractivity contribution in [3.05, 3.63) is 208 Å². The SMILES string of the molecule is Cc1cc([N+]([O-])(c2ccccc2)c2ccccc2)cc(C)c1OC(=O)c1cccc(C(=O)Oc2c(C)cc([N+](O)(c3ccccc3)c3ccccc3)cc2C)c1. The monoisotopic (exact) mass is 741 g/mol. The van der Waals surface area contributed by atoms with E-state index in [1.54, 1.807) is 80.6 Å². The number of carbonyl (C=O) groups is 2. The van der Waals surface area contributed by atoms with Crippen LogP contribution < -0.4 is 18.8 Å². The molecule has 0 unspecified atom stereocenters. The maximum absolute atomic E-state index is 14.8. The molecule has 0 radical (unpaired) electrons. The second kappa shape index (κ2) is 15.6. The summed E-state index contributed by atoms with van der Waals surface area (Å²) < 4.78 is 10.5. The molecular formula is C48H41N2O6+. The highest BCUT2D eigenvalue weighted by molar-refractivity contribution is 5.97. The van der Waals surface area contributed by atoms with Crippen LogP contribution in [0.3, 0.4) is 0 Å². The Balaban J connectivity index is 1.13. The summed E-state index contributed by atoms with van der Waals surface area (Å²) in [5, 5.41) is 27.1. The Morgan fingerprint density at radius 3 is 1.11 bits per heavy atom. The molecule has 7 aromatic rings. The van der Waals surface area contributed by atoms with Gasteiger partial charge in [-0.2, -0.15) is 0 Å². The molecule has 0 aromatic heterocycles. The number of para-hydroxylation sites is 4. The minimum atomic E-state index is -0.830. The standard InChI is InChI=1S/C48H41N2O6/c1-33-28-43(49(53,39-20-9-5-10-21-39)40-22-11-6-12-23-40)29-34(2)45(33)55-47(51)37-18-17-19-38(32-37)48(52)56-46-35(3)30-44(31-36(46)4)50(54,41-24-13-7-14-25-41)42-26-15-8-16-27-42/h5-32,53H,1-4H3/q+1. The maximum atomic E-state index is 14.8. The van der Waals surface area contributed by atoms with E-state index in [-0.39, 0.29) is 11.1 Å².